The summed E-state index contributed by atoms with van der Waals surface area (Å²) in [6, 6.07) is 0. The van der Waals surface area contributed by atoms with Crippen molar-refractivity contribution in [2.24, 2.45) is 34.5 Å². The van der Waals surface area contributed by atoms with Crippen LogP contribution in [-0.2, 0) is 9.47 Å². The first kappa shape index (κ1) is 26.2. The van der Waals surface area contributed by atoms with Crippen LogP contribution < -0.4 is 0 Å². The minimum atomic E-state index is 0.657. The molecule has 6 unspecified atom stereocenters. The molecule has 0 aromatic carbocycles. The van der Waals surface area contributed by atoms with Crippen molar-refractivity contribution in [3.05, 3.63) is 0 Å². The number of hydrogen-bond acceptors (Lipinski definition) is 6. The number of hydrogen-bond donors (Lipinski definition) is 0. The summed E-state index contributed by atoms with van der Waals surface area (Å²) < 4.78 is 11.5. The lowest BCUT2D eigenvalue weighted by Gasteiger charge is -2.62. The molecule has 0 aromatic rings. The van der Waals surface area contributed by atoms with Crippen LogP contribution in [0.5, 0.6) is 0 Å². The fourth-order valence-electron chi connectivity index (χ4n) is 9.91. The highest BCUT2D eigenvalue weighted by atomic mass is 33.1. The van der Waals surface area contributed by atoms with Gasteiger partial charge in [-0.2, -0.15) is 0 Å². The van der Waals surface area contributed by atoms with E-state index in [0.717, 1.165) is 34.5 Å². The lowest BCUT2D eigenvalue weighted by atomic mass is 9.43. The van der Waals surface area contributed by atoms with Gasteiger partial charge in [-0.1, -0.05) is 43.2 Å². The monoisotopic (exact) mass is 568 g/mol. The molecule has 6 saturated carbocycles. The van der Waals surface area contributed by atoms with Gasteiger partial charge in [0.1, 0.15) is 0 Å². The van der Waals surface area contributed by atoms with Crippen LogP contribution in [0, 0.1) is 34.5 Å². The molecule has 0 spiro atoms. The summed E-state index contributed by atoms with van der Waals surface area (Å²) in [5.74, 6) is 9.57. The average Bonchev–Trinajstić information content (AvgIpc) is 3.77. The Bertz CT molecular complexity index is 691. The van der Waals surface area contributed by atoms with Crippen molar-refractivity contribution in [2.45, 2.75) is 127 Å². The molecule has 204 valence electrons. The van der Waals surface area contributed by atoms with E-state index in [1.165, 1.54) is 87.2 Å². The molecule has 6 heteroatoms. The normalized spacial score (nSPS) is 48.0. The molecule has 6 atom stereocenters. The van der Waals surface area contributed by atoms with Gasteiger partial charge in [-0.3, -0.25) is 0 Å². The molecule has 4 bridgehead atoms. The molecular weight excluding hydrogens is 521 g/mol. The van der Waals surface area contributed by atoms with Crippen LogP contribution >= 0.6 is 43.2 Å². The van der Waals surface area contributed by atoms with Crippen molar-refractivity contribution in [2.75, 3.05) is 23.0 Å². The summed E-state index contributed by atoms with van der Waals surface area (Å²) in [6.07, 6.45) is 26.2. The van der Waals surface area contributed by atoms with Gasteiger partial charge in [0, 0.05) is 23.0 Å². The largest absolute Gasteiger partial charge is 0.370 e. The van der Waals surface area contributed by atoms with Crippen LogP contribution in [0.4, 0.5) is 0 Å². The highest BCUT2D eigenvalue weighted by molar-refractivity contribution is 8.77. The zero-order chi connectivity index (χ0) is 24.0. The Hall–Kier alpha value is 1.32. The molecule has 0 radical (unpaired) electrons. The van der Waals surface area contributed by atoms with Gasteiger partial charge in [-0.15, -0.1) is 0 Å². The summed E-state index contributed by atoms with van der Waals surface area (Å²) in [5, 5.41) is 0. The molecule has 8 rings (SSSR count). The van der Waals surface area contributed by atoms with E-state index in [9.17, 15) is 0 Å². The smallest absolute Gasteiger partial charge is 0.0844 e. The van der Waals surface area contributed by atoms with E-state index in [2.05, 4.69) is 43.2 Å². The Morgan fingerprint density at radius 1 is 0.528 bits per heavy atom. The van der Waals surface area contributed by atoms with Crippen LogP contribution in [0.25, 0.3) is 0 Å². The first-order valence-corrected chi connectivity index (χ1v) is 20.4. The van der Waals surface area contributed by atoms with Crippen LogP contribution in [-0.4, -0.2) is 47.4 Å². The first-order chi connectivity index (χ1) is 17.7. The molecule has 2 saturated heterocycles. The molecular formula is C30H48O2S4. The molecule has 6 aliphatic carbocycles. The Labute approximate surface area is 236 Å². The summed E-state index contributed by atoms with van der Waals surface area (Å²) in [6.45, 7) is 0. The molecule has 8 fully saturated rings. The minimum Gasteiger partial charge on any atom is -0.370 e. The lowest BCUT2D eigenvalue weighted by molar-refractivity contribution is -0.112. The van der Waals surface area contributed by atoms with Gasteiger partial charge in [0.15, 0.2) is 0 Å². The predicted octanol–water partition coefficient (Wildman–Crippen LogP) is 9.03. The van der Waals surface area contributed by atoms with E-state index in [0.29, 0.717) is 24.4 Å². The highest BCUT2D eigenvalue weighted by Gasteiger charge is 2.56. The van der Waals surface area contributed by atoms with Gasteiger partial charge in [0.05, 0.1) is 24.4 Å². The summed E-state index contributed by atoms with van der Waals surface area (Å²) in [4.78, 5) is 0. The summed E-state index contributed by atoms with van der Waals surface area (Å²) in [5.41, 5.74) is 1.45. The van der Waals surface area contributed by atoms with E-state index < -0.39 is 0 Å². The van der Waals surface area contributed by atoms with Crippen LogP contribution in [0.1, 0.15) is 103 Å². The van der Waals surface area contributed by atoms with Gasteiger partial charge in [-0.25, -0.2) is 0 Å². The molecule has 36 heavy (non-hydrogen) atoms. The predicted molar refractivity (Wildman–Crippen MR) is 160 cm³/mol. The second-order valence-electron chi connectivity index (χ2n) is 14.1. The van der Waals surface area contributed by atoms with Gasteiger partial charge in [0.2, 0.25) is 0 Å². The zero-order valence-corrected chi connectivity index (χ0v) is 25.5. The quantitative estimate of drug-likeness (QED) is 0.118. The van der Waals surface area contributed by atoms with Gasteiger partial charge in [0.25, 0.3) is 0 Å². The molecule has 0 amide bonds. The van der Waals surface area contributed by atoms with Crippen LogP contribution in [0.2, 0.25) is 0 Å². The number of rotatable bonds is 14. The average molecular weight is 569 g/mol. The topological polar surface area (TPSA) is 25.1 Å². The maximum atomic E-state index is 5.73. The zero-order valence-electron chi connectivity index (χ0n) is 22.2. The third-order valence-corrected chi connectivity index (χ3v) is 16.2. The second kappa shape index (κ2) is 11.3. The van der Waals surface area contributed by atoms with Crippen molar-refractivity contribution in [3.63, 3.8) is 0 Å². The molecule has 0 N–H and O–H groups in total. The fraction of sp³-hybridized carbons (Fsp3) is 1.00. The third kappa shape index (κ3) is 6.29. The first-order valence-electron chi connectivity index (χ1n) is 15.5. The van der Waals surface area contributed by atoms with Crippen LogP contribution in [0.3, 0.4) is 0 Å². The fourth-order valence-corrected chi connectivity index (χ4v) is 14.8. The molecule has 2 aliphatic heterocycles. The van der Waals surface area contributed by atoms with Crippen LogP contribution in [0.15, 0.2) is 0 Å². The second-order valence-corrected chi connectivity index (χ2v) is 19.5. The molecule has 2 nitrogen and oxygen atoms in total. The van der Waals surface area contributed by atoms with Crippen molar-refractivity contribution in [1.29, 1.82) is 0 Å². The Morgan fingerprint density at radius 3 is 1.47 bits per heavy atom. The third-order valence-electron chi connectivity index (χ3n) is 11.3. The lowest BCUT2D eigenvalue weighted by Crippen LogP contribution is -2.52. The Balaban J connectivity index is 0.796. The molecule has 8 aliphatic rings. The Morgan fingerprint density at radius 2 is 1.00 bits per heavy atom. The number of fused-ring (bicyclic) bond motifs is 2. The van der Waals surface area contributed by atoms with Crippen molar-refractivity contribution in [3.8, 4) is 0 Å². The maximum Gasteiger partial charge on any atom is 0.0844 e. The van der Waals surface area contributed by atoms with Crippen molar-refractivity contribution < 1.29 is 9.47 Å². The van der Waals surface area contributed by atoms with E-state index >= 15 is 0 Å². The highest BCUT2D eigenvalue weighted by Crippen LogP contribution is 2.67. The van der Waals surface area contributed by atoms with Gasteiger partial charge in [-0.05, 0) is 137 Å². The van der Waals surface area contributed by atoms with E-state index in [1.54, 1.807) is 38.5 Å². The Kier molecular flexibility index (Phi) is 8.23. The molecule has 0 aromatic heterocycles. The van der Waals surface area contributed by atoms with Gasteiger partial charge < -0.3 is 9.47 Å². The maximum absolute atomic E-state index is 5.73. The number of epoxide rings is 2. The standard InChI is InChI=1S/C30H48O2S4/c1-3-25-27(31-25)14-21(1)5-9-33-35-11-7-29-16-23-13-24(17-29)19-30(18-23,20-29)8-12-36-34-10-6-22-2-4-26-28(15-22)32-26/h21-28H,1-20H2. The molecule has 2 heterocycles. The summed E-state index contributed by atoms with van der Waals surface area (Å²) >= 11 is 0. The summed E-state index contributed by atoms with van der Waals surface area (Å²) in [7, 11) is 8.80. The van der Waals surface area contributed by atoms with E-state index in [4.69, 9.17) is 9.47 Å². The van der Waals surface area contributed by atoms with Gasteiger partial charge >= 0.3 is 0 Å². The van der Waals surface area contributed by atoms with Crippen molar-refractivity contribution >= 4 is 43.2 Å². The van der Waals surface area contributed by atoms with Crippen molar-refractivity contribution in [1.82, 2.24) is 0 Å². The van der Waals surface area contributed by atoms with E-state index in [-0.39, 0.29) is 0 Å². The van der Waals surface area contributed by atoms with E-state index in [1.807, 2.05) is 0 Å². The minimum absolute atomic E-state index is 0.657. The number of ether oxygens (including phenoxy) is 2. The SMILES string of the molecule is C(CC1CCC2OC2C1)SSCCC12CC3CC(C1)CC(CCSSCCC1CCC4OC4C1)(C3)C2.